The summed E-state index contributed by atoms with van der Waals surface area (Å²) in [6, 6.07) is 28.9. The molecule has 2 N–H and O–H groups in total. The number of para-hydroxylation sites is 2. The third-order valence-corrected chi connectivity index (χ3v) is 5.07. The molecule has 5 nitrogen and oxygen atoms in total. The highest BCUT2D eigenvalue weighted by atomic mass is 15.5. The number of hydrogen-bond donors (Lipinski definition) is 2. The topological polar surface area (TPSA) is 61.2 Å². The first-order valence-electron chi connectivity index (χ1n) is 9.20. The normalized spacial score (nSPS) is 11.6. The summed E-state index contributed by atoms with van der Waals surface area (Å²) in [6.07, 6.45) is 0. The second kappa shape index (κ2) is 5.76. The average Bonchev–Trinajstić information content (AvgIpc) is 3.37. The Morgan fingerprint density at radius 2 is 1.54 bits per heavy atom. The highest BCUT2D eigenvalue weighted by Crippen LogP contribution is 2.23. The monoisotopic (exact) mass is 362 g/mol. The van der Waals surface area contributed by atoms with Crippen LogP contribution in [0.3, 0.4) is 0 Å². The van der Waals surface area contributed by atoms with Gasteiger partial charge in [-0.3, -0.25) is 0 Å². The van der Waals surface area contributed by atoms with E-state index in [1.54, 1.807) is 0 Å². The van der Waals surface area contributed by atoms with Crippen molar-refractivity contribution in [1.82, 2.24) is 20.2 Å². The van der Waals surface area contributed by atoms with Crippen molar-refractivity contribution in [2.45, 2.75) is 0 Å². The summed E-state index contributed by atoms with van der Waals surface area (Å²) < 4.78 is 0. The minimum Gasteiger partial charge on any atom is -0.338 e. The van der Waals surface area contributed by atoms with Crippen molar-refractivity contribution < 1.29 is 4.80 Å². The first-order chi connectivity index (χ1) is 13.8. The maximum atomic E-state index is 4.70. The number of rotatable bonds is 2. The summed E-state index contributed by atoms with van der Waals surface area (Å²) in [4.78, 5) is 9.89. The van der Waals surface area contributed by atoms with Crippen molar-refractivity contribution in [1.29, 1.82) is 0 Å². The zero-order valence-corrected chi connectivity index (χ0v) is 14.9. The molecule has 2 heterocycles. The SMILES string of the molecule is c1ccc2cc(-[n+]3nc4ccc(-c5nc6ccccc6[nH]5)cc4[nH]3)ccc2c1. The molecule has 5 heteroatoms. The number of benzene rings is 4. The van der Waals surface area contributed by atoms with E-state index >= 15 is 0 Å². The predicted octanol–water partition coefficient (Wildman–Crippen LogP) is 4.54. The smallest absolute Gasteiger partial charge is 0.266 e. The molecule has 0 aliphatic heterocycles. The minimum absolute atomic E-state index is 0.856. The van der Waals surface area contributed by atoms with Crippen LogP contribution in [0, 0.1) is 0 Å². The van der Waals surface area contributed by atoms with Crippen LogP contribution in [0.4, 0.5) is 0 Å². The average molecular weight is 362 g/mol. The third-order valence-electron chi connectivity index (χ3n) is 5.07. The van der Waals surface area contributed by atoms with E-state index in [-0.39, 0.29) is 0 Å². The molecule has 28 heavy (non-hydrogen) atoms. The maximum Gasteiger partial charge on any atom is 0.266 e. The van der Waals surface area contributed by atoms with Crippen molar-refractivity contribution >= 4 is 32.8 Å². The zero-order valence-electron chi connectivity index (χ0n) is 14.9. The summed E-state index contributed by atoms with van der Waals surface area (Å²) in [6.45, 7) is 0. The molecule has 0 fully saturated rings. The summed E-state index contributed by atoms with van der Waals surface area (Å²) in [5, 5.41) is 10.5. The van der Waals surface area contributed by atoms with Crippen molar-refractivity contribution in [2.24, 2.45) is 0 Å². The first kappa shape index (κ1) is 15.1. The molecule has 0 saturated carbocycles. The van der Waals surface area contributed by atoms with Crippen LogP contribution in [0.15, 0.2) is 84.9 Å². The highest BCUT2D eigenvalue weighted by Gasteiger charge is 2.15. The quantitative estimate of drug-likeness (QED) is 0.444. The summed E-state index contributed by atoms with van der Waals surface area (Å²) in [5.41, 5.74) is 5.90. The second-order valence-corrected chi connectivity index (χ2v) is 6.89. The molecule has 0 bridgehead atoms. The van der Waals surface area contributed by atoms with Crippen molar-refractivity contribution in [3.8, 4) is 17.1 Å². The molecule has 0 atom stereocenters. The largest absolute Gasteiger partial charge is 0.338 e. The van der Waals surface area contributed by atoms with E-state index in [0.717, 1.165) is 39.1 Å². The van der Waals surface area contributed by atoms with Crippen LogP contribution >= 0.6 is 0 Å². The molecule has 0 amide bonds. The molecule has 6 rings (SSSR count). The number of fused-ring (bicyclic) bond motifs is 3. The zero-order chi connectivity index (χ0) is 18.5. The number of aromatic amines is 2. The lowest BCUT2D eigenvalue weighted by atomic mass is 10.1. The molecule has 0 aliphatic carbocycles. The van der Waals surface area contributed by atoms with E-state index in [4.69, 9.17) is 10.1 Å². The van der Waals surface area contributed by atoms with Crippen molar-refractivity contribution in [3.05, 3.63) is 84.9 Å². The predicted molar refractivity (Wildman–Crippen MR) is 110 cm³/mol. The Morgan fingerprint density at radius 3 is 2.46 bits per heavy atom. The fourth-order valence-electron chi connectivity index (χ4n) is 3.63. The van der Waals surface area contributed by atoms with Crippen molar-refractivity contribution in [2.75, 3.05) is 0 Å². The molecule has 6 aromatic rings. The summed E-state index contributed by atoms with van der Waals surface area (Å²) in [7, 11) is 0. The number of hydrogen-bond acceptors (Lipinski definition) is 2. The van der Waals surface area contributed by atoms with Crippen LogP contribution < -0.4 is 4.80 Å². The number of imidazole rings is 1. The molecular formula is C23H16N5+. The van der Waals surface area contributed by atoms with Gasteiger partial charge in [0.25, 0.3) is 5.69 Å². The molecular weight excluding hydrogens is 346 g/mol. The second-order valence-electron chi connectivity index (χ2n) is 6.89. The lowest BCUT2D eigenvalue weighted by Crippen LogP contribution is -2.35. The fourth-order valence-corrected chi connectivity index (χ4v) is 3.63. The molecule has 132 valence electrons. The van der Waals surface area contributed by atoms with Gasteiger partial charge in [0.2, 0.25) is 0 Å². The van der Waals surface area contributed by atoms with Crippen LogP contribution in [0.5, 0.6) is 0 Å². The van der Waals surface area contributed by atoms with E-state index in [1.165, 1.54) is 10.8 Å². The van der Waals surface area contributed by atoms with Gasteiger partial charge in [-0.25, -0.2) is 4.98 Å². The Hall–Kier alpha value is -3.99. The Morgan fingerprint density at radius 1 is 0.679 bits per heavy atom. The van der Waals surface area contributed by atoms with Crippen LogP contribution in [0.2, 0.25) is 0 Å². The van der Waals surface area contributed by atoms with Crippen LogP contribution in [-0.4, -0.2) is 20.2 Å². The van der Waals surface area contributed by atoms with E-state index in [1.807, 2.05) is 41.2 Å². The molecule has 0 spiro atoms. The maximum absolute atomic E-state index is 4.70. The number of nitrogens with zero attached hydrogens (tertiary/aromatic N) is 3. The van der Waals surface area contributed by atoms with Gasteiger partial charge < -0.3 is 4.98 Å². The summed E-state index contributed by atoms with van der Waals surface area (Å²) in [5.74, 6) is 0.856. The Kier molecular flexibility index (Phi) is 3.10. The van der Waals surface area contributed by atoms with E-state index in [9.17, 15) is 0 Å². The molecule has 0 saturated heterocycles. The van der Waals surface area contributed by atoms with Gasteiger partial charge in [-0.1, -0.05) is 36.4 Å². The molecule has 4 aromatic carbocycles. The van der Waals surface area contributed by atoms with E-state index in [2.05, 4.69) is 58.6 Å². The van der Waals surface area contributed by atoms with Gasteiger partial charge in [-0.2, -0.15) is 0 Å². The van der Waals surface area contributed by atoms with Crippen LogP contribution in [0.25, 0.3) is 49.9 Å². The lowest BCUT2D eigenvalue weighted by Gasteiger charge is -1.95. The third kappa shape index (κ3) is 2.37. The van der Waals surface area contributed by atoms with Gasteiger partial charge in [0, 0.05) is 27.6 Å². The molecule has 0 aliphatic rings. The minimum atomic E-state index is 0.856. The van der Waals surface area contributed by atoms with Gasteiger partial charge in [-0.05, 0) is 47.2 Å². The van der Waals surface area contributed by atoms with Crippen LogP contribution in [0.1, 0.15) is 0 Å². The first-order valence-corrected chi connectivity index (χ1v) is 9.20. The van der Waals surface area contributed by atoms with Gasteiger partial charge in [0.1, 0.15) is 11.3 Å². The van der Waals surface area contributed by atoms with Gasteiger partial charge in [-0.15, -0.1) is 5.10 Å². The molecule has 0 radical (unpaired) electrons. The Labute approximate surface area is 160 Å². The fraction of sp³-hybridized carbons (Fsp3) is 0. The number of aromatic nitrogens is 5. The Bertz CT molecular complexity index is 1440. The lowest BCUT2D eigenvalue weighted by molar-refractivity contribution is -0.710. The van der Waals surface area contributed by atoms with Crippen LogP contribution in [-0.2, 0) is 0 Å². The Balaban J connectivity index is 1.45. The van der Waals surface area contributed by atoms with Gasteiger partial charge in [0.15, 0.2) is 5.52 Å². The standard InChI is InChI=1S/C23H15N5/c1-2-6-16-13-18(11-9-15(16)5-1)28-26-21-12-10-17(14-22(21)27-28)23-24-19-7-3-4-8-20(19)25-23/h1-14H,(H,24,25,27)/p+1. The number of nitrogens with one attached hydrogen (secondary N) is 2. The van der Waals surface area contributed by atoms with Gasteiger partial charge in [0.05, 0.1) is 11.0 Å². The van der Waals surface area contributed by atoms with E-state index < -0.39 is 0 Å². The van der Waals surface area contributed by atoms with Gasteiger partial charge >= 0.3 is 0 Å². The molecule has 0 unspecified atom stereocenters. The van der Waals surface area contributed by atoms with E-state index in [0.29, 0.717) is 0 Å². The summed E-state index contributed by atoms with van der Waals surface area (Å²) >= 11 is 0. The van der Waals surface area contributed by atoms with Crippen molar-refractivity contribution in [3.63, 3.8) is 0 Å². The highest BCUT2D eigenvalue weighted by molar-refractivity contribution is 5.84. The number of H-pyrrole nitrogens is 2. The molecule has 2 aromatic heterocycles.